The second-order valence-electron chi connectivity index (χ2n) is 11.1. The molecule has 49 heavy (non-hydrogen) atoms. The number of benzene rings is 5. The molecule has 1 aliphatic rings. The smallest absolute Gasteiger partial charge is 0.337 e. The number of hydrogen-bond acceptors (Lipinski definition) is 6. The molecule has 0 radical (unpaired) electrons. The lowest BCUT2D eigenvalue weighted by Crippen LogP contribution is -2.50. The first-order valence-corrected chi connectivity index (χ1v) is 17.6. The first-order chi connectivity index (χ1) is 23.9. The van der Waals surface area contributed by atoms with Gasteiger partial charge in [0.1, 0.15) is 5.84 Å². The van der Waals surface area contributed by atoms with Crippen molar-refractivity contribution in [2.24, 2.45) is 10.2 Å². The van der Waals surface area contributed by atoms with E-state index in [1.54, 1.807) is 37.4 Å². The third kappa shape index (κ3) is 6.36. The number of esters is 1. The fraction of sp³-hybridized carbons (Fsp3) is 0.0769. The molecule has 8 nitrogen and oxygen atoms in total. The summed E-state index contributed by atoms with van der Waals surface area (Å²) in [7, 11) is 1.28. The molecular weight excluding hydrogens is 655 g/mol. The van der Waals surface area contributed by atoms with Crippen molar-refractivity contribution in [3.05, 3.63) is 156 Å². The van der Waals surface area contributed by atoms with Crippen LogP contribution in [0.25, 0.3) is 0 Å². The van der Waals surface area contributed by atoms with E-state index in [9.17, 15) is 14.4 Å². The molecular formula is C39H32ClN4O4P. The number of imide groups is 1. The van der Waals surface area contributed by atoms with Gasteiger partial charge < -0.3 is 4.74 Å². The third-order valence-electron chi connectivity index (χ3n) is 8.20. The zero-order chi connectivity index (χ0) is 34.4. The van der Waals surface area contributed by atoms with Crippen LogP contribution in [0.4, 0.5) is 10.5 Å². The molecule has 0 aromatic heterocycles. The van der Waals surface area contributed by atoms with Crippen molar-refractivity contribution in [1.29, 1.82) is 0 Å². The Hall–Kier alpha value is -5.56. The molecule has 0 aliphatic carbocycles. The molecule has 1 atom stereocenters. The van der Waals surface area contributed by atoms with Crippen LogP contribution in [0.2, 0.25) is 5.02 Å². The van der Waals surface area contributed by atoms with Gasteiger partial charge >= 0.3 is 12.0 Å². The Morgan fingerprint density at radius 3 is 1.67 bits per heavy atom. The van der Waals surface area contributed by atoms with Crippen LogP contribution in [0, 0.1) is 0 Å². The molecule has 1 aliphatic heterocycles. The first-order valence-electron chi connectivity index (χ1n) is 15.4. The molecule has 1 saturated heterocycles. The van der Waals surface area contributed by atoms with Crippen molar-refractivity contribution in [2.75, 3.05) is 12.0 Å². The average molecular weight is 687 g/mol. The van der Waals surface area contributed by atoms with Gasteiger partial charge in [0, 0.05) is 5.02 Å². The minimum Gasteiger partial charge on any atom is -0.466 e. The van der Waals surface area contributed by atoms with Gasteiger partial charge in [0.05, 0.1) is 24.3 Å². The fourth-order valence-electron chi connectivity index (χ4n) is 6.06. The monoisotopic (exact) mass is 686 g/mol. The van der Waals surface area contributed by atoms with E-state index < -0.39 is 30.8 Å². The van der Waals surface area contributed by atoms with E-state index >= 15 is 0 Å². The number of ether oxygens (including phenoxy) is 1. The van der Waals surface area contributed by atoms with Gasteiger partial charge in [-0.3, -0.25) is 9.69 Å². The van der Waals surface area contributed by atoms with E-state index in [2.05, 4.69) is 10.2 Å². The maximum Gasteiger partial charge on any atom is 0.337 e. The second kappa shape index (κ2) is 14.7. The van der Waals surface area contributed by atoms with Crippen molar-refractivity contribution in [3.63, 3.8) is 0 Å². The summed E-state index contributed by atoms with van der Waals surface area (Å²) in [5, 5.41) is 11.6. The molecule has 6 rings (SSSR count). The molecule has 1 unspecified atom stereocenters. The van der Waals surface area contributed by atoms with E-state index in [0.29, 0.717) is 10.7 Å². The van der Waals surface area contributed by atoms with Crippen molar-refractivity contribution < 1.29 is 19.1 Å². The van der Waals surface area contributed by atoms with Gasteiger partial charge in [-0.2, -0.15) is 5.10 Å². The van der Waals surface area contributed by atoms with E-state index in [1.807, 2.05) is 121 Å². The summed E-state index contributed by atoms with van der Waals surface area (Å²) in [5.41, 5.74) is 1.09. The number of halogens is 1. The Morgan fingerprint density at radius 1 is 0.735 bits per heavy atom. The van der Waals surface area contributed by atoms with Gasteiger partial charge in [-0.15, -0.1) is 5.10 Å². The van der Waals surface area contributed by atoms with Crippen molar-refractivity contribution in [3.8, 4) is 0 Å². The Bertz CT molecular complexity index is 1990. The molecule has 0 N–H and O–H groups in total. The quantitative estimate of drug-likeness (QED) is 0.0481. The van der Waals surface area contributed by atoms with Gasteiger partial charge in [0.15, 0.2) is 6.04 Å². The lowest BCUT2D eigenvalue weighted by atomic mass is 10.1. The maximum atomic E-state index is 14.9. The molecule has 10 heteroatoms. The van der Waals surface area contributed by atoms with Crippen LogP contribution < -0.4 is 20.8 Å². The fourth-order valence-corrected chi connectivity index (χ4v) is 10.7. The standard InChI is InChI=1S/C39H32ClN4O4P/c1-28(42-41-27-29-15-7-3-8-16-29)43-35(37(45)44(39(43)47)31-25-23-30(40)24-26-31)36(38(46)48-2)49(32-17-9-4-10-18-32,33-19-11-5-12-20-33)34-21-13-6-14-22-34/h3-27,35H,1-2H3/b41-27+,42-28-. The van der Waals surface area contributed by atoms with Gasteiger partial charge in [-0.05, 0) is 59.6 Å². The zero-order valence-corrected chi connectivity index (χ0v) is 28.4. The van der Waals surface area contributed by atoms with Gasteiger partial charge in [-0.1, -0.05) is 133 Å². The number of amides is 3. The number of carbonyl (C=O) groups is 3. The molecule has 244 valence electrons. The third-order valence-corrected chi connectivity index (χ3v) is 12.8. The molecule has 5 aromatic rings. The number of urea groups is 1. The number of hydrogen-bond donors (Lipinski definition) is 0. The summed E-state index contributed by atoms with van der Waals surface area (Å²) in [6, 6.07) is 42.4. The van der Waals surface area contributed by atoms with E-state index in [4.69, 9.17) is 16.3 Å². The minimum atomic E-state index is -3.24. The predicted molar refractivity (Wildman–Crippen MR) is 199 cm³/mol. The summed E-state index contributed by atoms with van der Waals surface area (Å²) >= 11 is 6.19. The lowest BCUT2D eigenvalue weighted by Gasteiger charge is -2.35. The molecule has 0 saturated carbocycles. The van der Waals surface area contributed by atoms with Crippen LogP contribution in [0.15, 0.2) is 156 Å². The van der Waals surface area contributed by atoms with Gasteiger partial charge in [0.25, 0.3) is 5.91 Å². The number of anilines is 1. The Kier molecular flexibility index (Phi) is 10.00. The number of rotatable bonds is 8. The van der Waals surface area contributed by atoms with Gasteiger partial charge in [0.2, 0.25) is 0 Å². The number of amidine groups is 1. The Morgan fingerprint density at radius 2 is 1.20 bits per heavy atom. The van der Waals surface area contributed by atoms with Crippen LogP contribution in [0.5, 0.6) is 0 Å². The zero-order valence-electron chi connectivity index (χ0n) is 26.8. The second-order valence-corrected chi connectivity index (χ2v) is 14.9. The van der Waals surface area contributed by atoms with Crippen molar-refractivity contribution >= 4 is 75.3 Å². The highest BCUT2D eigenvalue weighted by Gasteiger charge is 2.54. The van der Waals surface area contributed by atoms with Crippen LogP contribution >= 0.6 is 18.5 Å². The maximum absolute atomic E-state index is 14.9. The van der Waals surface area contributed by atoms with Crippen LogP contribution in [0.3, 0.4) is 0 Å². The molecule has 5 aromatic carbocycles. The molecule has 0 bridgehead atoms. The van der Waals surface area contributed by atoms with Gasteiger partial charge in [-0.25, -0.2) is 14.5 Å². The highest BCUT2D eigenvalue weighted by Crippen LogP contribution is 2.48. The molecule has 1 heterocycles. The number of methoxy groups -OCH3 is 1. The van der Waals surface area contributed by atoms with Crippen LogP contribution in [-0.4, -0.2) is 53.3 Å². The molecule has 0 spiro atoms. The van der Waals surface area contributed by atoms with E-state index in [0.717, 1.165) is 26.4 Å². The van der Waals surface area contributed by atoms with Crippen molar-refractivity contribution in [2.45, 2.75) is 13.0 Å². The van der Waals surface area contributed by atoms with Crippen LogP contribution in [0.1, 0.15) is 12.5 Å². The SMILES string of the molecule is COC(=O)C(C1C(=O)N(c2ccc(Cl)cc2)C(=O)N1/C(C)=N\N=C\c1ccccc1)=P(c1ccccc1)(c1ccccc1)c1ccccc1. The predicted octanol–water partition coefficient (Wildman–Crippen LogP) is 6.27. The highest BCUT2D eigenvalue weighted by molar-refractivity contribution is 7.96. The molecule has 3 amide bonds. The number of nitrogens with zero attached hydrogens (tertiary/aromatic N) is 4. The van der Waals surface area contributed by atoms with Crippen molar-refractivity contribution in [1.82, 2.24) is 4.90 Å². The Balaban J connectivity index is 1.72. The summed E-state index contributed by atoms with van der Waals surface area (Å²) in [6.07, 6.45) is 1.55. The highest BCUT2D eigenvalue weighted by atomic mass is 35.5. The largest absolute Gasteiger partial charge is 0.466 e. The average Bonchev–Trinajstić information content (AvgIpc) is 3.40. The molecule has 1 fully saturated rings. The number of carbonyl (C=O) groups excluding carboxylic acids is 3. The minimum absolute atomic E-state index is 0.112. The summed E-state index contributed by atoms with van der Waals surface area (Å²) < 4.78 is 5.56. The lowest BCUT2D eigenvalue weighted by molar-refractivity contribution is -0.133. The summed E-state index contributed by atoms with van der Waals surface area (Å²) in [4.78, 5) is 46.3. The summed E-state index contributed by atoms with van der Waals surface area (Å²) in [5.74, 6) is -1.25. The van der Waals surface area contributed by atoms with E-state index in [1.165, 1.54) is 12.0 Å². The van der Waals surface area contributed by atoms with Crippen LogP contribution in [-0.2, 0) is 14.3 Å². The first kappa shape index (κ1) is 33.3. The summed E-state index contributed by atoms with van der Waals surface area (Å²) in [6.45, 7) is -1.65. The normalized spacial score (nSPS) is 15.2. The Labute approximate surface area is 289 Å². The van der Waals surface area contributed by atoms with E-state index in [-0.39, 0.29) is 11.1 Å². The topological polar surface area (TPSA) is 91.6 Å².